The first-order valence-electron chi connectivity index (χ1n) is 9.38. The lowest BCUT2D eigenvalue weighted by Gasteiger charge is -2.25. The number of fused-ring (bicyclic) bond motifs is 1. The van der Waals surface area contributed by atoms with Crippen molar-refractivity contribution in [3.05, 3.63) is 42.2 Å². The highest BCUT2D eigenvalue weighted by atomic mass is 16.5. The van der Waals surface area contributed by atoms with Gasteiger partial charge in [0.1, 0.15) is 0 Å². The van der Waals surface area contributed by atoms with Gasteiger partial charge in [0.25, 0.3) is 5.91 Å². The predicted molar refractivity (Wildman–Crippen MR) is 108 cm³/mol. The first-order valence-corrected chi connectivity index (χ1v) is 9.38. The summed E-state index contributed by atoms with van der Waals surface area (Å²) in [5.41, 5.74) is 2.72. The lowest BCUT2D eigenvalue weighted by atomic mass is 10.1. The van der Waals surface area contributed by atoms with Gasteiger partial charge in [0.2, 0.25) is 0 Å². The van der Waals surface area contributed by atoms with E-state index >= 15 is 0 Å². The second-order valence-electron chi connectivity index (χ2n) is 6.79. The Balaban J connectivity index is 2.06. The first-order chi connectivity index (χ1) is 13.5. The molecule has 148 valence electrons. The molecule has 0 unspecified atom stereocenters. The van der Waals surface area contributed by atoms with Gasteiger partial charge < -0.3 is 14.4 Å². The fourth-order valence-corrected chi connectivity index (χ4v) is 3.20. The van der Waals surface area contributed by atoms with Crippen molar-refractivity contribution in [1.82, 2.24) is 19.5 Å². The Kier molecular flexibility index (Phi) is 5.82. The summed E-state index contributed by atoms with van der Waals surface area (Å²) in [5, 5.41) is 4.56. The molecule has 7 nitrogen and oxygen atoms in total. The van der Waals surface area contributed by atoms with Crippen molar-refractivity contribution in [1.29, 1.82) is 0 Å². The summed E-state index contributed by atoms with van der Waals surface area (Å²) in [5.74, 6) is 1.20. The zero-order valence-electron chi connectivity index (χ0n) is 17.0. The molecule has 0 spiro atoms. The van der Waals surface area contributed by atoms with E-state index in [1.807, 2.05) is 43.0 Å². The zero-order valence-corrected chi connectivity index (χ0v) is 17.0. The van der Waals surface area contributed by atoms with Crippen LogP contribution in [0.3, 0.4) is 0 Å². The number of amides is 1. The van der Waals surface area contributed by atoms with E-state index in [0.717, 1.165) is 17.7 Å². The molecular formula is C21H26N4O3. The third-order valence-corrected chi connectivity index (χ3v) is 4.61. The van der Waals surface area contributed by atoms with E-state index in [0.29, 0.717) is 29.4 Å². The van der Waals surface area contributed by atoms with E-state index in [4.69, 9.17) is 9.47 Å². The highest BCUT2D eigenvalue weighted by Gasteiger charge is 2.22. The Morgan fingerprint density at radius 3 is 2.54 bits per heavy atom. The van der Waals surface area contributed by atoms with Gasteiger partial charge in [-0.2, -0.15) is 5.10 Å². The Morgan fingerprint density at radius 1 is 1.14 bits per heavy atom. The molecule has 7 heteroatoms. The molecule has 0 aliphatic heterocycles. The Labute approximate surface area is 164 Å². The van der Waals surface area contributed by atoms with Crippen LogP contribution in [0.25, 0.3) is 16.9 Å². The highest BCUT2D eigenvalue weighted by Crippen LogP contribution is 2.32. The van der Waals surface area contributed by atoms with E-state index in [-0.39, 0.29) is 11.9 Å². The molecule has 0 radical (unpaired) electrons. The lowest BCUT2D eigenvalue weighted by molar-refractivity contribution is 0.0699. The van der Waals surface area contributed by atoms with Gasteiger partial charge in [0, 0.05) is 30.4 Å². The molecule has 0 saturated heterocycles. The number of carbonyl (C=O) groups excluding carboxylic acids is 1. The Morgan fingerprint density at radius 2 is 1.89 bits per heavy atom. The number of hydrogen-bond acceptors (Lipinski definition) is 5. The number of methoxy groups -OCH3 is 2. The van der Waals surface area contributed by atoms with Crippen molar-refractivity contribution in [3.8, 4) is 22.8 Å². The number of aromatic nitrogens is 3. The van der Waals surface area contributed by atoms with Crippen LogP contribution in [0.1, 0.15) is 37.7 Å². The Bertz CT molecular complexity index is 981. The molecule has 1 aromatic carbocycles. The molecule has 2 heterocycles. The lowest BCUT2D eigenvalue weighted by Crippen LogP contribution is -2.37. The standard InChI is InChI=1S/C21H26N4O3/c1-6-11-24(14(2)3)21(26)16-13-20-22-10-9-17(25(20)23-16)15-7-8-18(27-4)19(12-15)28-5/h7-10,12-14H,6,11H2,1-5H3. The van der Waals surface area contributed by atoms with E-state index < -0.39 is 0 Å². The SMILES string of the molecule is CCCN(C(=O)c1cc2nccc(-c3ccc(OC)c(OC)c3)n2n1)C(C)C. The van der Waals surface area contributed by atoms with Crippen molar-refractivity contribution >= 4 is 11.6 Å². The van der Waals surface area contributed by atoms with Crippen molar-refractivity contribution in [2.45, 2.75) is 33.2 Å². The van der Waals surface area contributed by atoms with Gasteiger partial charge in [-0.1, -0.05) is 6.92 Å². The molecule has 2 aromatic heterocycles. The van der Waals surface area contributed by atoms with Crippen LogP contribution in [0.2, 0.25) is 0 Å². The molecule has 0 aliphatic rings. The first kappa shape index (κ1) is 19.7. The molecule has 1 amide bonds. The van der Waals surface area contributed by atoms with Crippen LogP contribution in [0.15, 0.2) is 36.5 Å². The van der Waals surface area contributed by atoms with Crippen molar-refractivity contribution < 1.29 is 14.3 Å². The second-order valence-corrected chi connectivity index (χ2v) is 6.79. The third kappa shape index (κ3) is 3.65. The van der Waals surface area contributed by atoms with Crippen LogP contribution in [0.4, 0.5) is 0 Å². The average Bonchev–Trinajstić information content (AvgIpc) is 3.15. The fourth-order valence-electron chi connectivity index (χ4n) is 3.20. The number of carbonyl (C=O) groups is 1. The minimum atomic E-state index is -0.0828. The van der Waals surface area contributed by atoms with Gasteiger partial charge in [-0.05, 0) is 44.5 Å². The molecule has 3 rings (SSSR count). The molecule has 0 N–H and O–H groups in total. The molecule has 0 saturated carbocycles. The van der Waals surface area contributed by atoms with Gasteiger partial charge >= 0.3 is 0 Å². The summed E-state index contributed by atoms with van der Waals surface area (Å²) in [4.78, 5) is 19.2. The molecule has 0 atom stereocenters. The van der Waals surface area contributed by atoms with Gasteiger partial charge in [0.15, 0.2) is 22.8 Å². The van der Waals surface area contributed by atoms with Crippen molar-refractivity contribution in [2.75, 3.05) is 20.8 Å². The summed E-state index contributed by atoms with van der Waals surface area (Å²) in [7, 11) is 3.20. The number of nitrogens with zero attached hydrogens (tertiary/aromatic N) is 4. The summed E-state index contributed by atoms with van der Waals surface area (Å²) in [6.07, 6.45) is 2.61. The molecule has 0 bridgehead atoms. The van der Waals surface area contributed by atoms with Crippen molar-refractivity contribution in [3.63, 3.8) is 0 Å². The summed E-state index contributed by atoms with van der Waals surface area (Å²) in [6, 6.07) is 9.36. The normalized spacial score (nSPS) is 11.1. The van der Waals surface area contributed by atoms with Crippen LogP contribution in [-0.2, 0) is 0 Å². The van der Waals surface area contributed by atoms with E-state index in [1.54, 1.807) is 31.0 Å². The largest absolute Gasteiger partial charge is 0.493 e. The summed E-state index contributed by atoms with van der Waals surface area (Å²) >= 11 is 0. The molecule has 0 fully saturated rings. The van der Waals surface area contributed by atoms with Gasteiger partial charge in [-0.25, -0.2) is 9.50 Å². The quantitative estimate of drug-likeness (QED) is 0.624. The highest BCUT2D eigenvalue weighted by molar-refractivity contribution is 5.93. The van der Waals surface area contributed by atoms with Crippen LogP contribution in [0.5, 0.6) is 11.5 Å². The Hall–Kier alpha value is -3.09. The summed E-state index contributed by atoms with van der Waals surface area (Å²) < 4.78 is 12.4. The molecular weight excluding hydrogens is 356 g/mol. The average molecular weight is 382 g/mol. The minimum Gasteiger partial charge on any atom is -0.493 e. The topological polar surface area (TPSA) is 69.0 Å². The second kappa shape index (κ2) is 8.29. The maximum atomic E-state index is 13.0. The molecule has 0 aliphatic carbocycles. The minimum absolute atomic E-state index is 0.0828. The van der Waals surface area contributed by atoms with Crippen LogP contribution >= 0.6 is 0 Å². The zero-order chi connectivity index (χ0) is 20.3. The maximum Gasteiger partial charge on any atom is 0.274 e. The van der Waals surface area contributed by atoms with Crippen LogP contribution in [-0.4, -0.2) is 52.2 Å². The fraction of sp³-hybridized carbons (Fsp3) is 0.381. The molecule has 3 aromatic rings. The van der Waals surface area contributed by atoms with E-state index in [2.05, 4.69) is 17.0 Å². The maximum absolute atomic E-state index is 13.0. The predicted octanol–water partition coefficient (Wildman–Crippen LogP) is 3.67. The van der Waals surface area contributed by atoms with E-state index in [9.17, 15) is 4.79 Å². The third-order valence-electron chi connectivity index (χ3n) is 4.61. The van der Waals surface area contributed by atoms with Crippen LogP contribution < -0.4 is 9.47 Å². The number of ether oxygens (including phenoxy) is 2. The van der Waals surface area contributed by atoms with Crippen molar-refractivity contribution in [2.24, 2.45) is 0 Å². The monoisotopic (exact) mass is 382 g/mol. The van der Waals surface area contributed by atoms with Gasteiger partial charge in [0.05, 0.1) is 19.9 Å². The van der Waals surface area contributed by atoms with Crippen LogP contribution in [0, 0.1) is 0 Å². The number of hydrogen-bond donors (Lipinski definition) is 0. The molecule has 28 heavy (non-hydrogen) atoms. The smallest absolute Gasteiger partial charge is 0.274 e. The van der Waals surface area contributed by atoms with E-state index in [1.165, 1.54) is 0 Å². The van der Waals surface area contributed by atoms with Gasteiger partial charge in [-0.15, -0.1) is 0 Å². The number of benzene rings is 1. The number of rotatable bonds is 7. The van der Waals surface area contributed by atoms with Gasteiger partial charge in [-0.3, -0.25) is 4.79 Å². The summed E-state index contributed by atoms with van der Waals surface area (Å²) in [6.45, 7) is 6.77.